The first-order valence-corrected chi connectivity index (χ1v) is 12.1. The van der Waals surface area contributed by atoms with Crippen molar-refractivity contribution in [1.29, 1.82) is 0 Å². The molecule has 0 atom stereocenters. The highest BCUT2D eigenvalue weighted by Gasteiger charge is 2.30. The Bertz CT molecular complexity index is 1170. The topological polar surface area (TPSA) is 96.5 Å². The predicted octanol–water partition coefficient (Wildman–Crippen LogP) is 5.34. The van der Waals surface area contributed by atoms with Gasteiger partial charge in [0.1, 0.15) is 5.75 Å². The minimum atomic E-state index is -4.58. The van der Waals surface area contributed by atoms with E-state index in [-0.39, 0.29) is 40.0 Å². The molecule has 3 amide bonds. The van der Waals surface area contributed by atoms with Crippen molar-refractivity contribution in [1.82, 2.24) is 10.6 Å². The molecule has 0 aliphatic heterocycles. The van der Waals surface area contributed by atoms with Crippen molar-refractivity contribution >= 4 is 35.0 Å². The fraction of sp³-hybridized carbons (Fsp3) is 0.423. The first-order valence-electron chi connectivity index (χ1n) is 11.7. The monoisotopic (exact) mass is 539 g/mol. The lowest BCUT2D eigenvalue weighted by atomic mass is 9.95. The van der Waals surface area contributed by atoms with E-state index in [1.165, 1.54) is 30.3 Å². The molecule has 0 aromatic heterocycles. The van der Waals surface area contributed by atoms with Gasteiger partial charge in [-0.25, -0.2) is 0 Å². The van der Waals surface area contributed by atoms with Gasteiger partial charge in [-0.05, 0) is 54.7 Å². The van der Waals surface area contributed by atoms with Gasteiger partial charge in [-0.3, -0.25) is 14.4 Å². The third-order valence-electron chi connectivity index (χ3n) is 5.53. The predicted molar refractivity (Wildman–Crippen MR) is 134 cm³/mol. The Kier molecular flexibility index (Phi) is 8.73. The average Bonchev–Trinajstić information content (AvgIpc) is 3.64. The molecule has 2 aromatic rings. The Morgan fingerprint density at radius 2 is 1.68 bits per heavy atom. The van der Waals surface area contributed by atoms with Gasteiger partial charge in [0.15, 0.2) is 6.61 Å². The van der Waals surface area contributed by atoms with Crippen molar-refractivity contribution in [2.24, 2.45) is 11.3 Å². The van der Waals surface area contributed by atoms with Crippen LogP contribution in [0.2, 0.25) is 5.02 Å². The first-order chi connectivity index (χ1) is 17.2. The number of nitrogens with one attached hydrogen (secondary N) is 3. The number of rotatable bonds is 9. The second kappa shape index (κ2) is 11.4. The van der Waals surface area contributed by atoms with Crippen molar-refractivity contribution in [2.45, 2.75) is 46.3 Å². The van der Waals surface area contributed by atoms with Crippen LogP contribution >= 0.6 is 11.6 Å². The average molecular weight is 540 g/mol. The number of hydrogen-bond acceptors (Lipinski definition) is 4. The zero-order valence-electron chi connectivity index (χ0n) is 20.7. The number of carbonyl (C=O) groups is 3. The lowest BCUT2D eigenvalue weighted by molar-refractivity contribution is -0.153. The number of benzene rings is 2. The zero-order valence-corrected chi connectivity index (χ0v) is 21.5. The molecule has 200 valence electrons. The largest absolute Gasteiger partial charge is 0.483 e. The molecule has 2 aromatic carbocycles. The van der Waals surface area contributed by atoms with Gasteiger partial charge in [-0.1, -0.05) is 38.4 Å². The molecule has 1 aliphatic carbocycles. The van der Waals surface area contributed by atoms with Crippen LogP contribution in [0, 0.1) is 11.3 Å². The number of carbonyl (C=O) groups excluding carboxylic acids is 3. The standard InChI is InChI=1S/C26H29ClF3N3O4/c1-25(2,3)24(36)32-13-16-6-8-20(27)18(10-16)23(35)33-17-7-9-21(37-14-26(28,29)30)19(11-17)22(34)31-12-15-4-5-15/h6-11,15H,4-5,12-14H2,1-3H3,(H,31,34)(H,32,36)(H,33,35). The highest BCUT2D eigenvalue weighted by Crippen LogP contribution is 2.29. The van der Waals surface area contributed by atoms with Gasteiger partial charge in [0.2, 0.25) is 5.91 Å². The molecule has 3 rings (SSSR count). The van der Waals surface area contributed by atoms with E-state index >= 15 is 0 Å². The molecule has 0 radical (unpaired) electrons. The summed E-state index contributed by atoms with van der Waals surface area (Å²) >= 11 is 6.22. The maximum absolute atomic E-state index is 13.0. The summed E-state index contributed by atoms with van der Waals surface area (Å²) in [6.07, 6.45) is -2.62. The van der Waals surface area contributed by atoms with Gasteiger partial charge < -0.3 is 20.7 Å². The van der Waals surface area contributed by atoms with Crippen molar-refractivity contribution < 1.29 is 32.3 Å². The van der Waals surface area contributed by atoms with E-state index in [2.05, 4.69) is 16.0 Å². The second-order valence-corrected chi connectivity index (χ2v) is 10.4. The molecule has 7 nitrogen and oxygen atoms in total. The Morgan fingerprint density at radius 1 is 0.973 bits per heavy atom. The van der Waals surface area contributed by atoms with E-state index in [1.807, 2.05) is 0 Å². The van der Waals surface area contributed by atoms with Gasteiger partial charge in [-0.15, -0.1) is 0 Å². The fourth-order valence-electron chi connectivity index (χ4n) is 3.23. The molecule has 1 aliphatic rings. The molecule has 1 fully saturated rings. The number of ether oxygens (including phenoxy) is 1. The molecule has 0 unspecified atom stereocenters. The summed E-state index contributed by atoms with van der Waals surface area (Å²) in [6, 6.07) is 8.53. The smallest absolute Gasteiger partial charge is 0.422 e. The van der Waals surface area contributed by atoms with Crippen molar-refractivity contribution in [3.63, 3.8) is 0 Å². The van der Waals surface area contributed by atoms with E-state index in [1.54, 1.807) is 26.8 Å². The van der Waals surface area contributed by atoms with Crippen LogP contribution in [0.4, 0.5) is 18.9 Å². The number of halogens is 4. The van der Waals surface area contributed by atoms with E-state index in [0.717, 1.165) is 12.8 Å². The fourth-order valence-corrected chi connectivity index (χ4v) is 3.43. The summed E-state index contributed by atoms with van der Waals surface area (Å²) < 4.78 is 42.9. The lowest BCUT2D eigenvalue weighted by Crippen LogP contribution is -2.34. The van der Waals surface area contributed by atoms with Crippen LogP contribution in [0.25, 0.3) is 0 Å². The van der Waals surface area contributed by atoms with E-state index in [4.69, 9.17) is 16.3 Å². The Balaban J connectivity index is 1.77. The van der Waals surface area contributed by atoms with Crippen LogP contribution in [0.3, 0.4) is 0 Å². The normalized spacial score (nSPS) is 13.6. The van der Waals surface area contributed by atoms with Gasteiger partial charge in [0, 0.05) is 24.2 Å². The van der Waals surface area contributed by atoms with Gasteiger partial charge in [0.05, 0.1) is 16.1 Å². The number of amides is 3. The molecule has 0 bridgehead atoms. The molecule has 0 heterocycles. The molecule has 0 spiro atoms. The van der Waals surface area contributed by atoms with Gasteiger partial charge >= 0.3 is 6.18 Å². The molecule has 11 heteroatoms. The molecule has 37 heavy (non-hydrogen) atoms. The van der Waals surface area contributed by atoms with Gasteiger partial charge in [-0.2, -0.15) is 13.2 Å². The lowest BCUT2D eigenvalue weighted by Gasteiger charge is -2.18. The summed E-state index contributed by atoms with van der Waals surface area (Å²) in [5.41, 5.74) is 0.228. The van der Waals surface area contributed by atoms with Crippen LogP contribution < -0.4 is 20.7 Å². The van der Waals surface area contributed by atoms with E-state index in [9.17, 15) is 27.6 Å². The molecular formula is C26H29ClF3N3O4. The highest BCUT2D eigenvalue weighted by atomic mass is 35.5. The molecule has 1 saturated carbocycles. The molecule has 0 saturated heterocycles. The Morgan fingerprint density at radius 3 is 2.30 bits per heavy atom. The minimum absolute atomic E-state index is 0.126. The third kappa shape index (κ3) is 8.66. The number of hydrogen-bond donors (Lipinski definition) is 3. The maximum Gasteiger partial charge on any atom is 0.422 e. The Labute approximate surface area is 218 Å². The van der Waals surface area contributed by atoms with E-state index in [0.29, 0.717) is 18.0 Å². The van der Waals surface area contributed by atoms with Crippen LogP contribution in [-0.4, -0.2) is 37.0 Å². The Hall–Kier alpha value is -3.27. The van der Waals surface area contributed by atoms with Crippen LogP contribution in [-0.2, 0) is 11.3 Å². The SMILES string of the molecule is CC(C)(C)C(=O)NCc1ccc(Cl)c(C(=O)Nc2ccc(OCC(F)(F)F)c(C(=O)NCC3CC3)c2)c1. The maximum atomic E-state index is 13.0. The quantitative estimate of drug-likeness (QED) is 0.401. The van der Waals surface area contributed by atoms with Crippen molar-refractivity contribution in [2.75, 3.05) is 18.5 Å². The summed E-state index contributed by atoms with van der Waals surface area (Å²) in [5, 5.41) is 8.27. The van der Waals surface area contributed by atoms with Crippen LogP contribution in [0.5, 0.6) is 5.75 Å². The summed E-state index contributed by atoms with van der Waals surface area (Å²) in [4.78, 5) is 37.8. The summed E-state index contributed by atoms with van der Waals surface area (Å²) in [5.74, 6) is -1.25. The second-order valence-electron chi connectivity index (χ2n) is 9.97. The van der Waals surface area contributed by atoms with Crippen LogP contribution in [0.1, 0.15) is 59.9 Å². The molecule has 3 N–H and O–H groups in total. The van der Waals surface area contributed by atoms with Crippen molar-refractivity contribution in [3.8, 4) is 5.75 Å². The minimum Gasteiger partial charge on any atom is -0.483 e. The highest BCUT2D eigenvalue weighted by molar-refractivity contribution is 6.34. The van der Waals surface area contributed by atoms with Crippen molar-refractivity contribution in [3.05, 3.63) is 58.1 Å². The van der Waals surface area contributed by atoms with Crippen LogP contribution in [0.15, 0.2) is 36.4 Å². The summed E-state index contributed by atoms with van der Waals surface area (Å²) in [6.45, 7) is 4.37. The molecular weight excluding hydrogens is 511 g/mol. The first kappa shape index (κ1) is 28.3. The number of alkyl halides is 3. The third-order valence-corrected chi connectivity index (χ3v) is 5.86. The number of anilines is 1. The zero-order chi connectivity index (χ0) is 27.4. The van der Waals surface area contributed by atoms with Gasteiger partial charge in [0.25, 0.3) is 11.8 Å². The van der Waals surface area contributed by atoms with E-state index < -0.39 is 30.0 Å². The summed E-state index contributed by atoms with van der Waals surface area (Å²) in [7, 11) is 0.